The number of hydrogen-bond donors (Lipinski definition) is 1. The van der Waals surface area contributed by atoms with Crippen molar-refractivity contribution in [1.82, 2.24) is 10.2 Å². The van der Waals surface area contributed by atoms with Crippen LogP contribution < -0.4 is 14.4 Å². The van der Waals surface area contributed by atoms with Gasteiger partial charge >= 0.3 is 0 Å². The first-order chi connectivity index (χ1) is 12.7. The molecule has 1 aromatic carbocycles. The van der Waals surface area contributed by atoms with Crippen LogP contribution in [0.2, 0.25) is 5.02 Å². The van der Waals surface area contributed by atoms with Gasteiger partial charge in [0, 0.05) is 11.6 Å². The molecule has 1 N–H and O–H groups in total. The number of sulfonamides is 1. The number of piperidine rings is 1. The molecular formula is C18H26ClN3O4S. The summed E-state index contributed by atoms with van der Waals surface area (Å²) in [6, 6.07) is 4.74. The van der Waals surface area contributed by atoms with E-state index in [-0.39, 0.29) is 12.5 Å². The number of fused-ring (bicyclic) bond motifs is 1. The number of amides is 1. The Labute approximate surface area is 165 Å². The highest BCUT2D eigenvalue weighted by Gasteiger charge is 2.35. The van der Waals surface area contributed by atoms with Gasteiger partial charge in [-0.3, -0.25) is 9.10 Å². The van der Waals surface area contributed by atoms with Gasteiger partial charge in [-0.1, -0.05) is 11.6 Å². The monoisotopic (exact) mass is 415 g/mol. The smallest absolute Gasteiger partial charge is 0.263 e. The van der Waals surface area contributed by atoms with E-state index in [4.69, 9.17) is 16.3 Å². The van der Waals surface area contributed by atoms with Gasteiger partial charge in [0.1, 0.15) is 5.75 Å². The van der Waals surface area contributed by atoms with Crippen molar-refractivity contribution in [2.75, 3.05) is 43.8 Å². The molecular weight excluding hydrogens is 390 g/mol. The number of anilines is 1. The summed E-state index contributed by atoms with van der Waals surface area (Å²) in [6.45, 7) is 2.69. The molecule has 0 aromatic heterocycles. The molecule has 7 nitrogen and oxygen atoms in total. The molecule has 3 rings (SSSR count). The van der Waals surface area contributed by atoms with Gasteiger partial charge in [-0.25, -0.2) is 8.42 Å². The van der Waals surface area contributed by atoms with Crippen LogP contribution in [0.1, 0.15) is 19.3 Å². The number of halogens is 1. The average Bonchev–Trinajstić information content (AvgIpc) is 2.61. The lowest BCUT2D eigenvalue weighted by Gasteiger charge is -2.34. The van der Waals surface area contributed by atoms with E-state index in [0.717, 1.165) is 38.6 Å². The molecule has 1 amide bonds. The lowest BCUT2D eigenvalue weighted by atomic mass is 9.94. The third kappa shape index (κ3) is 5.06. The van der Waals surface area contributed by atoms with Crippen molar-refractivity contribution in [3.63, 3.8) is 0 Å². The maximum Gasteiger partial charge on any atom is 0.263 e. The second kappa shape index (κ2) is 8.24. The molecule has 0 radical (unpaired) electrons. The van der Waals surface area contributed by atoms with Crippen LogP contribution >= 0.6 is 11.6 Å². The van der Waals surface area contributed by atoms with E-state index in [1.54, 1.807) is 12.1 Å². The predicted octanol–water partition coefficient (Wildman–Crippen LogP) is 1.72. The summed E-state index contributed by atoms with van der Waals surface area (Å²) in [5.74, 6) is 0.660. The van der Waals surface area contributed by atoms with E-state index in [1.165, 1.54) is 10.4 Å². The van der Waals surface area contributed by atoms with Crippen molar-refractivity contribution in [1.29, 1.82) is 0 Å². The number of nitrogens with zero attached hydrogens (tertiary/aromatic N) is 2. The number of hydrogen-bond acceptors (Lipinski definition) is 5. The van der Waals surface area contributed by atoms with Gasteiger partial charge in [-0.05, 0) is 63.5 Å². The highest BCUT2D eigenvalue weighted by atomic mass is 35.5. The van der Waals surface area contributed by atoms with E-state index in [0.29, 0.717) is 28.9 Å². The minimum Gasteiger partial charge on any atom is -0.476 e. The Kier molecular flexibility index (Phi) is 6.18. The predicted molar refractivity (Wildman–Crippen MR) is 106 cm³/mol. The molecule has 1 saturated heterocycles. The van der Waals surface area contributed by atoms with Crippen LogP contribution in [0.3, 0.4) is 0 Å². The van der Waals surface area contributed by atoms with Crippen LogP contribution in [-0.2, 0) is 14.8 Å². The third-order valence-corrected chi connectivity index (χ3v) is 6.55. The average molecular weight is 416 g/mol. The highest BCUT2D eigenvalue weighted by Crippen LogP contribution is 2.37. The summed E-state index contributed by atoms with van der Waals surface area (Å²) < 4.78 is 31.3. The molecule has 1 aromatic rings. The summed E-state index contributed by atoms with van der Waals surface area (Å²) in [5, 5.41) is 3.31. The van der Waals surface area contributed by atoms with Gasteiger partial charge in [0.25, 0.3) is 5.91 Å². The normalized spacial score (nSPS) is 21.4. The van der Waals surface area contributed by atoms with Gasteiger partial charge in [0.15, 0.2) is 6.10 Å². The van der Waals surface area contributed by atoms with Crippen LogP contribution in [0.4, 0.5) is 5.69 Å². The third-order valence-electron chi connectivity index (χ3n) is 5.17. The Bertz CT molecular complexity index is 794. The van der Waals surface area contributed by atoms with Gasteiger partial charge in [-0.15, -0.1) is 0 Å². The number of ether oxygens (including phenoxy) is 1. The van der Waals surface area contributed by atoms with Crippen LogP contribution in [0, 0.1) is 5.92 Å². The molecule has 2 aliphatic rings. The van der Waals surface area contributed by atoms with E-state index in [9.17, 15) is 13.2 Å². The quantitative estimate of drug-likeness (QED) is 0.792. The molecule has 1 atom stereocenters. The molecule has 1 fully saturated rings. The number of rotatable bonds is 5. The zero-order chi connectivity index (χ0) is 19.6. The maximum absolute atomic E-state index is 12.5. The van der Waals surface area contributed by atoms with E-state index < -0.39 is 16.1 Å². The van der Waals surface area contributed by atoms with Crippen molar-refractivity contribution in [3.05, 3.63) is 23.2 Å². The zero-order valence-electron chi connectivity index (χ0n) is 15.7. The summed E-state index contributed by atoms with van der Waals surface area (Å²) in [4.78, 5) is 14.9. The van der Waals surface area contributed by atoms with Gasteiger partial charge in [-0.2, -0.15) is 0 Å². The Morgan fingerprint density at radius 2 is 2.04 bits per heavy atom. The fraction of sp³-hybridized carbons (Fsp3) is 0.611. The summed E-state index contributed by atoms with van der Waals surface area (Å²) >= 11 is 5.98. The Morgan fingerprint density at radius 3 is 2.70 bits per heavy atom. The second-order valence-corrected chi connectivity index (χ2v) is 9.68. The van der Waals surface area contributed by atoms with Crippen LogP contribution in [0.15, 0.2) is 18.2 Å². The Balaban J connectivity index is 1.61. The zero-order valence-corrected chi connectivity index (χ0v) is 17.2. The number of carbonyl (C=O) groups excluding carboxylic acids is 1. The van der Waals surface area contributed by atoms with Crippen molar-refractivity contribution in [2.24, 2.45) is 5.92 Å². The molecule has 0 aliphatic carbocycles. The fourth-order valence-corrected chi connectivity index (χ4v) is 4.61. The standard InChI is InChI=1S/C18H26ClN3O4S/c1-21-9-6-13(7-10-21)5-8-20-18(23)17-12-22(27(2,24)25)15-11-14(19)3-4-16(15)26-17/h3-4,11,13,17H,5-10,12H2,1-2H3,(H,20,23)/t17-/m1/s1. The molecule has 0 spiro atoms. The van der Waals surface area contributed by atoms with Gasteiger partial charge < -0.3 is 15.0 Å². The Morgan fingerprint density at radius 1 is 1.33 bits per heavy atom. The number of nitrogens with one attached hydrogen (secondary N) is 1. The molecule has 0 unspecified atom stereocenters. The first-order valence-corrected chi connectivity index (χ1v) is 11.4. The fourth-order valence-electron chi connectivity index (χ4n) is 3.54. The minimum atomic E-state index is -3.56. The van der Waals surface area contributed by atoms with E-state index >= 15 is 0 Å². The summed E-state index contributed by atoms with van der Waals surface area (Å²) in [5.41, 5.74) is 0.361. The molecule has 2 heterocycles. The highest BCUT2D eigenvalue weighted by molar-refractivity contribution is 7.92. The lowest BCUT2D eigenvalue weighted by Crippen LogP contribution is -2.50. The summed E-state index contributed by atoms with van der Waals surface area (Å²) in [6.07, 6.45) is 3.43. The number of benzene rings is 1. The second-order valence-electron chi connectivity index (χ2n) is 7.34. The molecule has 9 heteroatoms. The van der Waals surface area contributed by atoms with Gasteiger partial charge in [0.2, 0.25) is 10.0 Å². The van der Waals surface area contributed by atoms with Crippen LogP contribution in [0.5, 0.6) is 5.75 Å². The molecule has 27 heavy (non-hydrogen) atoms. The molecule has 0 saturated carbocycles. The van der Waals surface area contributed by atoms with Crippen molar-refractivity contribution < 1.29 is 17.9 Å². The Hall–Kier alpha value is -1.51. The lowest BCUT2D eigenvalue weighted by molar-refractivity contribution is -0.127. The van der Waals surface area contributed by atoms with Crippen LogP contribution in [-0.4, -0.2) is 64.8 Å². The maximum atomic E-state index is 12.5. The van der Waals surface area contributed by atoms with Crippen molar-refractivity contribution in [3.8, 4) is 5.75 Å². The van der Waals surface area contributed by atoms with Crippen molar-refractivity contribution in [2.45, 2.75) is 25.4 Å². The number of likely N-dealkylation sites (tertiary alicyclic amines) is 1. The SMILES string of the molecule is CN1CCC(CCNC(=O)[C@H]2CN(S(C)(=O)=O)c3cc(Cl)ccc3O2)CC1. The molecule has 0 bridgehead atoms. The first kappa shape index (κ1) is 20.2. The topological polar surface area (TPSA) is 79.0 Å². The largest absolute Gasteiger partial charge is 0.476 e. The molecule has 2 aliphatic heterocycles. The molecule has 150 valence electrons. The van der Waals surface area contributed by atoms with Gasteiger partial charge in [0.05, 0.1) is 18.5 Å². The van der Waals surface area contributed by atoms with Crippen molar-refractivity contribution >= 4 is 33.2 Å². The minimum absolute atomic E-state index is 0.0633. The summed E-state index contributed by atoms with van der Waals surface area (Å²) in [7, 11) is -1.43. The van der Waals surface area contributed by atoms with E-state index in [1.807, 2.05) is 0 Å². The van der Waals surface area contributed by atoms with Crippen LogP contribution in [0.25, 0.3) is 0 Å². The van der Waals surface area contributed by atoms with E-state index in [2.05, 4.69) is 17.3 Å². The number of carbonyl (C=O) groups is 1. The first-order valence-electron chi connectivity index (χ1n) is 9.14.